The molecule has 0 amide bonds. The van der Waals surface area contributed by atoms with Gasteiger partial charge in [0.15, 0.2) is 0 Å². The van der Waals surface area contributed by atoms with Crippen molar-refractivity contribution < 1.29 is 65.4 Å². The molecule has 0 aliphatic heterocycles. The molecule has 0 N–H and O–H groups in total. The molecule has 0 aromatic carbocycles. The van der Waals surface area contributed by atoms with E-state index in [0.29, 0.717) is 0 Å². The number of hydrogen-bond donors (Lipinski definition) is 0. The molecule has 26 heavy (non-hydrogen) atoms. The third kappa shape index (κ3) is 7.33. The summed E-state index contributed by atoms with van der Waals surface area (Å²) in [6, 6.07) is 0. The minimum atomic E-state index is 0. The molecule has 0 bridgehead atoms. The SMILES string of the molecule is CC/C=C/C1CCC(C2CCC(C3CCC(C)CC3)[CH-]C2C)CC1.[Y].[Y]. The minimum absolute atomic E-state index is 0. The Balaban J connectivity index is 0.00000169. The predicted octanol–water partition coefficient (Wildman–Crippen LogP) is 7.45. The van der Waals surface area contributed by atoms with E-state index in [1.165, 1.54) is 70.6 Å². The quantitative estimate of drug-likeness (QED) is 0.274. The summed E-state index contributed by atoms with van der Waals surface area (Å²) in [4.78, 5) is 0. The Morgan fingerprint density at radius 1 is 0.769 bits per heavy atom. The number of hydrogen-bond acceptors (Lipinski definition) is 0. The van der Waals surface area contributed by atoms with Gasteiger partial charge in [-0.2, -0.15) is 11.8 Å². The van der Waals surface area contributed by atoms with Crippen molar-refractivity contribution in [3.63, 3.8) is 0 Å². The van der Waals surface area contributed by atoms with Gasteiger partial charge in [-0.3, -0.25) is 0 Å². The maximum atomic E-state index is 2.82. The van der Waals surface area contributed by atoms with Gasteiger partial charge in [-0.25, -0.2) is 0 Å². The molecule has 2 heteroatoms. The van der Waals surface area contributed by atoms with Gasteiger partial charge in [0, 0.05) is 65.4 Å². The standard InChI is InChI=1S/C24H41.2Y/c1-4-5-6-20-9-13-22(14-10-20)24-16-15-23(17-19(24)3)21-11-7-18(2)8-12-21;;/h5-6,17-24H,4,7-16H2,1-3H3;;/q-1;;/b6-5+;;. The molecule has 0 saturated heterocycles. The zero-order chi connectivity index (χ0) is 16.9. The Hall–Kier alpha value is 1.95. The van der Waals surface area contributed by atoms with Gasteiger partial charge in [-0.1, -0.05) is 83.3 Å². The molecule has 3 rings (SSSR count). The summed E-state index contributed by atoms with van der Waals surface area (Å²) in [5, 5.41) is 0. The average molecular weight is 507 g/mol. The van der Waals surface area contributed by atoms with Crippen molar-refractivity contribution in [3.05, 3.63) is 18.6 Å². The second kappa shape index (κ2) is 13.3. The van der Waals surface area contributed by atoms with Gasteiger partial charge < -0.3 is 6.42 Å². The third-order valence-electron chi connectivity index (χ3n) is 7.79. The molecular weight excluding hydrogens is 466 g/mol. The molecule has 3 atom stereocenters. The normalized spacial score (nSPS) is 41.3. The van der Waals surface area contributed by atoms with Crippen LogP contribution in [0.2, 0.25) is 0 Å². The predicted molar refractivity (Wildman–Crippen MR) is 106 cm³/mol. The molecule has 2 radical (unpaired) electrons. The molecule has 0 spiro atoms. The van der Waals surface area contributed by atoms with E-state index in [4.69, 9.17) is 0 Å². The fourth-order valence-electron chi connectivity index (χ4n) is 6.14. The third-order valence-corrected chi connectivity index (χ3v) is 7.79. The Morgan fingerprint density at radius 2 is 1.38 bits per heavy atom. The van der Waals surface area contributed by atoms with Gasteiger partial charge in [0.05, 0.1) is 0 Å². The summed E-state index contributed by atoms with van der Waals surface area (Å²) in [5.41, 5.74) is 0. The largest absolute Gasteiger partial charge is 0.322 e. The van der Waals surface area contributed by atoms with Crippen LogP contribution in [-0.2, 0) is 65.4 Å². The van der Waals surface area contributed by atoms with Crippen LogP contribution in [0.4, 0.5) is 0 Å². The second-order valence-corrected chi connectivity index (χ2v) is 9.49. The first kappa shape index (κ1) is 26.0. The van der Waals surface area contributed by atoms with E-state index in [0.717, 1.165) is 41.4 Å². The molecular formula is C24H41Y2-. The topological polar surface area (TPSA) is 0 Å². The van der Waals surface area contributed by atoms with Crippen LogP contribution in [0.1, 0.15) is 91.4 Å². The smallest absolute Gasteiger partial charge is 0 e. The van der Waals surface area contributed by atoms with Crippen LogP contribution in [0.5, 0.6) is 0 Å². The van der Waals surface area contributed by atoms with E-state index < -0.39 is 0 Å². The molecule has 3 unspecified atom stereocenters. The molecule has 3 saturated carbocycles. The summed E-state index contributed by atoms with van der Waals surface area (Å²) >= 11 is 0. The van der Waals surface area contributed by atoms with Crippen molar-refractivity contribution in [2.45, 2.75) is 91.4 Å². The Kier molecular flexibility index (Phi) is 13.3. The van der Waals surface area contributed by atoms with E-state index in [1.807, 2.05) is 0 Å². The summed E-state index contributed by atoms with van der Waals surface area (Å²) < 4.78 is 0. The van der Waals surface area contributed by atoms with Crippen molar-refractivity contribution in [2.24, 2.45) is 41.4 Å². The number of rotatable bonds is 4. The molecule has 144 valence electrons. The first-order valence-electron chi connectivity index (χ1n) is 11.2. The van der Waals surface area contributed by atoms with E-state index in [2.05, 4.69) is 39.3 Å². The van der Waals surface area contributed by atoms with E-state index >= 15 is 0 Å². The van der Waals surface area contributed by atoms with Crippen molar-refractivity contribution in [1.29, 1.82) is 0 Å². The first-order chi connectivity index (χ1) is 11.7. The molecule has 0 nitrogen and oxygen atoms in total. The van der Waals surface area contributed by atoms with Gasteiger partial charge in [-0.15, -0.1) is 0 Å². The van der Waals surface area contributed by atoms with Gasteiger partial charge in [0.1, 0.15) is 0 Å². The van der Waals surface area contributed by atoms with E-state index in [-0.39, 0.29) is 65.4 Å². The van der Waals surface area contributed by atoms with Crippen molar-refractivity contribution in [2.75, 3.05) is 0 Å². The summed E-state index contributed by atoms with van der Waals surface area (Å²) in [6.45, 7) is 7.25. The second-order valence-electron chi connectivity index (χ2n) is 9.49. The molecule has 3 aliphatic rings. The summed E-state index contributed by atoms with van der Waals surface area (Å²) in [7, 11) is 0. The van der Waals surface area contributed by atoms with Crippen LogP contribution in [0.15, 0.2) is 12.2 Å². The van der Waals surface area contributed by atoms with Gasteiger partial charge in [0.25, 0.3) is 0 Å². The maximum Gasteiger partial charge on any atom is 0 e. The molecule has 0 aromatic rings. The van der Waals surface area contributed by atoms with Crippen LogP contribution < -0.4 is 0 Å². The molecule has 3 aliphatic carbocycles. The summed E-state index contributed by atoms with van der Waals surface area (Å²) in [6.07, 6.45) is 23.8. The zero-order valence-electron chi connectivity index (χ0n) is 17.7. The van der Waals surface area contributed by atoms with Gasteiger partial charge in [-0.05, 0) is 49.9 Å². The maximum absolute atomic E-state index is 2.82. The van der Waals surface area contributed by atoms with Crippen LogP contribution in [0.3, 0.4) is 0 Å². The minimum Gasteiger partial charge on any atom is -0.322 e. The van der Waals surface area contributed by atoms with E-state index in [9.17, 15) is 0 Å². The number of allylic oxidation sites excluding steroid dienone is 2. The van der Waals surface area contributed by atoms with Gasteiger partial charge in [0.2, 0.25) is 0 Å². The average Bonchev–Trinajstić information content (AvgIpc) is 2.61. The van der Waals surface area contributed by atoms with E-state index in [1.54, 1.807) is 0 Å². The zero-order valence-corrected chi connectivity index (χ0v) is 23.4. The summed E-state index contributed by atoms with van der Waals surface area (Å²) in [5.74, 6) is 6.76. The molecule has 0 aromatic heterocycles. The van der Waals surface area contributed by atoms with Crippen molar-refractivity contribution >= 4 is 0 Å². The van der Waals surface area contributed by atoms with Crippen LogP contribution in [0, 0.1) is 47.8 Å². The van der Waals surface area contributed by atoms with Crippen LogP contribution in [-0.4, -0.2) is 0 Å². The Morgan fingerprint density at radius 3 is 1.96 bits per heavy atom. The first-order valence-corrected chi connectivity index (χ1v) is 11.2. The van der Waals surface area contributed by atoms with Crippen LogP contribution in [0.25, 0.3) is 0 Å². The fraction of sp³-hybridized carbons (Fsp3) is 0.875. The van der Waals surface area contributed by atoms with Crippen LogP contribution >= 0.6 is 0 Å². The molecule has 0 heterocycles. The Labute approximate surface area is 214 Å². The monoisotopic (exact) mass is 507 g/mol. The molecule has 3 fully saturated rings. The van der Waals surface area contributed by atoms with Crippen molar-refractivity contribution in [3.8, 4) is 0 Å². The van der Waals surface area contributed by atoms with Gasteiger partial charge >= 0.3 is 0 Å². The Bertz CT molecular complexity index is 389. The fourth-order valence-corrected chi connectivity index (χ4v) is 6.14. The van der Waals surface area contributed by atoms with Crippen molar-refractivity contribution in [1.82, 2.24) is 0 Å².